The van der Waals surface area contributed by atoms with Crippen molar-refractivity contribution in [3.63, 3.8) is 0 Å². The quantitative estimate of drug-likeness (QED) is 0.151. The molecule has 10 rings (SSSR count). The topological polar surface area (TPSA) is 81.7 Å². The average Bonchev–Trinajstić information content (AvgIpc) is 3.68. The molecule has 0 amide bonds. The van der Waals surface area contributed by atoms with Crippen molar-refractivity contribution in [3.8, 4) is 79.5 Å². The number of rotatable bonds is 7. The van der Waals surface area contributed by atoms with Crippen LogP contribution in [0.3, 0.4) is 0 Å². The molecule has 0 saturated carbocycles. The molecule has 266 valence electrons. The highest BCUT2D eigenvalue weighted by Crippen LogP contribution is 2.41. The predicted molar refractivity (Wildman–Crippen MR) is 230 cm³/mol. The van der Waals surface area contributed by atoms with E-state index in [-0.39, 0.29) is 0 Å². The lowest BCUT2D eigenvalue weighted by Crippen LogP contribution is -2.00. The number of nitrogens with zero attached hydrogens (tertiary/aromatic N) is 7. The van der Waals surface area contributed by atoms with Gasteiger partial charge in [-0.05, 0) is 35.4 Å². The van der Waals surface area contributed by atoms with Gasteiger partial charge in [-0.1, -0.05) is 152 Å². The Hall–Kier alpha value is -7.73. The van der Waals surface area contributed by atoms with Crippen molar-refractivity contribution in [2.75, 3.05) is 0 Å². The standard InChI is InChI=1S/C49H29N7S/c1-50-40-22-12-11-20-37(40)31-24-26-35(27-25-31)47-52-46(34-18-9-4-10-19-34)55-49(56-47)38-21-13-23-42-43(38)39-30-36(28-29-41(39)57-42)48-53-44(32-14-5-2-6-15-32)51-45(54-48)33-16-7-3-8-17-33/h2-30H. The Bertz CT molecular complexity index is 3060. The highest BCUT2D eigenvalue weighted by Gasteiger charge is 2.19. The first-order valence-electron chi connectivity index (χ1n) is 18.4. The molecule has 0 fully saturated rings. The smallest absolute Gasteiger partial charge is 0.194 e. The van der Waals surface area contributed by atoms with Gasteiger partial charge in [0.05, 0.1) is 6.57 Å². The molecule has 10 aromatic rings. The van der Waals surface area contributed by atoms with Gasteiger partial charge in [0.1, 0.15) is 0 Å². The fraction of sp³-hybridized carbons (Fsp3) is 0. The number of aromatic nitrogens is 6. The minimum Gasteiger partial charge on any atom is -0.238 e. The van der Waals surface area contributed by atoms with Crippen molar-refractivity contribution in [1.82, 2.24) is 29.9 Å². The third kappa shape index (κ3) is 6.48. The van der Waals surface area contributed by atoms with Crippen molar-refractivity contribution in [2.24, 2.45) is 0 Å². The Morgan fingerprint density at radius 1 is 0.351 bits per heavy atom. The summed E-state index contributed by atoms with van der Waals surface area (Å²) < 4.78 is 2.26. The zero-order valence-corrected chi connectivity index (χ0v) is 31.1. The molecule has 57 heavy (non-hydrogen) atoms. The van der Waals surface area contributed by atoms with Gasteiger partial charge in [-0.2, -0.15) is 0 Å². The van der Waals surface area contributed by atoms with Crippen molar-refractivity contribution in [3.05, 3.63) is 187 Å². The summed E-state index contributed by atoms with van der Waals surface area (Å²) in [6.45, 7) is 7.64. The molecule has 0 spiro atoms. The third-order valence-electron chi connectivity index (χ3n) is 9.84. The first-order chi connectivity index (χ1) is 28.2. The Morgan fingerprint density at radius 3 is 1.35 bits per heavy atom. The summed E-state index contributed by atoms with van der Waals surface area (Å²) in [6, 6.07) is 58.5. The Labute approximate surface area is 332 Å². The van der Waals surface area contributed by atoms with Gasteiger partial charge in [-0.25, -0.2) is 34.7 Å². The van der Waals surface area contributed by atoms with E-state index in [1.54, 1.807) is 11.3 Å². The molecule has 7 nitrogen and oxygen atoms in total. The lowest BCUT2D eigenvalue weighted by Gasteiger charge is -2.11. The van der Waals surface area contributed by atoms with E-state index >= 15 is 0 Å². The van der Waals surface area contributed by atoms with Gasteiger partial charge < -0.3 is 0 Å². The first-order valence-corrected chi connectivity index (χ1v) is 19.2. The predicted octanol–water partition coefficient (Wildman–Crippen LogP) is 12.6. The molecule has 8 heteroatoms. The number of thiophene rings is 1. The Kier molecular flexibility index (Phi) is 8.60. The van der Waals surface area contributed by atoms with E-state index in [1.165, 1.54) is 0 Å². The second-order valence-corrected chi connectivity index (χ2v) is 14.5. The van der Waals surface area contributed by atoms with Crippen molar-refractivity contribution < 1.29 is 0 Å². The van der Waals surface area contributed by atoms with Crippen molar-refractivity contribution in [1.29, 1.82) is 0 Å². The van der Waals surface area contributed by atoms with Crippen LogP contribution >= 0.6 is 11.3 Å². The van der Waals surface area contributed by atoms with Crippen LogP contribution in [0.25, 0.3) is 104 Å². The molecule has 3 heterocycles. The van der Waals surface area contributed by atoms with Gasteiger partial charge in [-0.15, -0.1) is 11.3 Å². The summed E-state index contributed by atoms with van der Waals surface area (Å²) in [7, 11) is 0. The summed E-state index contributed by atoms with van der Waals surface area (Å²) in [5.74, 6) is 3.55. The molecule has 0 bridgehead atoms. The molecular weight excluding hydrogens is 719 g/mol. The van der Waals surface area contributed by atoms with Gasteiger partial charge in [0.25, 0.3) is 0 Å². The lowest BCUT2D eigenvalue weighted by molar-refractivity contribution is 1.07. The molecule has 0 saturated heterocycles. The maximum Gasteiger partial charge on any atom is 0.194 e. The maximum absolute atomic E-state index is 7.64. The molecule has 0 atom stereocenters. The van der Waals surface area contributed by atoms with Crippen LogP contribution < -0.4 is 0 Å². The SMILES string of the molecule is [C-]#[N+]c1ccccc1-c1ccc(-c2nc(-c3ccccc3)nc(-c3cccc4sc5ccc(-c6nc(-c7ccccc7)nc(-c7ccccc7)n6)cc5c34)n2)cc1. The summed E-state index contributed by atoms with van der Waals surface area (Å²) >= 11 is 1.73. The minimum atomic E-state index is 0.563. The normalized spacial score (nSPS) is 11.1. The second kappa shape index (κ2) is 14.5. The van der Waals surface area contributed by atoms with Crippen LogP contribution in [0.5, 0.6) is 0 Å². The van der Waals surface area contributed by atoms with E-state index < -0.39 is 0 Å². The Balaban J connectivity index is 1.13. The van der Waals surface area contributed by atoms with Crippen LogP contribution in [0.4, 0.5) is 5.69 Å². The molecule has 0 N–H and O–H groups in total. The summed E-state index contributed by atoms with van der Waals surface area (Å²) in [4.78, 5) is 33.9. The van der Waals surface area contributed by atoms with Crippen LogP contribution in [-0.2, 0) is 0 Å². The van der Waals surface area contributed by atoms with Crippen LogP contribution in [0.1, 0.15) is 0 Å². The molecular formula is C49H29N7S. The number of hydrogen-bond donors (Lipinski definition) is 0. The second-order valence-electron chi connectivity index (χ2n) is 13.4. The largest absolute Gasteiger partial charge is 0.238 e. The molecule has 7 aromatic carbocycles. The number of para-hydroxylation sites is 1. The highest BCUT2D eigenvalue weighted by atomic mass is 32.1. The Morgan fingerprint density at radius 2 is 0.789 bits per heavy atom. The lowest BCUT2D eigenvalue weighted by atomic mass is 10.0. The van der Waals surface area contributed by atoms with Gasteiger partial charge in [0, 0.05) is 53.6 Å². The fourth-order valence-corrected chi connectivity index (χ4v) is 8.16. The number of fused-ring (bicyclic) bond motifs is 3. The number of benzene rings is 7. The van der Waals surface area contributed by atoms with E-state index in [0.717, 1.165) is 64.7 Å². The van der Waals surface area contributed by atoms with Crippen LogP contribution in [-0.4, -0.2) is 29.9 Å². The van der Waals surface area contributed by atoms with E-state index in [0.29, 0.717) is 40.6 Å². The van der Waals surface area contributed by atoms with Crippen molar-refractivity contribution in [2.45, 2.75) is 0 Å². The molecule has 3 aromatic heterocycles. The van der Waals surface area contributed by atoms with Gasteiger partial charge in [-0.3, -0.25) is 0 Å². The van der Waals surface area contributed by atoms with Crippen molar-refractivity contribution >= 4 is 37.2 Å². The fourth-order valence-electron chi connectivity index (χ4n) is 7.05. The summed E-state index contributed by atoms with van der Waals surface area (Å²) in [5, 5.41) is 2.12. The van der Waals surface area contributed by atoms with Gasteiger partial charge in [0.15, 0.2) is 40.6 Å². The molecule has 0 aliphatic heterocycles. The molecule has 0 radical (unpaired) electrons. The van der Waals surface area contributed by atoms with E-state index in [4.69, 9.17) is 36.5 Å². The van der Waals surface area contributed by atoms with Crippen LogP contribution in [0.15, 0.2) is 176 Å². The molecule has 0 aliphatic rings. The summed E-state index contributed by atoms with van der Waals surface area (Å²) in [5.41, 5.74) is 7.84. The molecule has 0 unspecified atom stereocenters. The highest BCUT2D eigenvalue weighted by molar-refractivity contribution is 7.26. The number of hydrogen-bond acceptors (Lipinski definition) is 7. The zero-order valence-electron chi connectivity index (χ0n) is 30.3. The maximum atomic E-state index is 7.64. The summed E-state index contributed by atoms with van der Waals surface area (Å²) in [6.07, 6.45) is 0. The minimum absolute atomic E-state index is 0.563. The van der Waals surface area contributed by atoms with Gasteiger partial charge in [0.2, 0.25) is 0 Å². The van der Waals surface area contributed by atoms with Gasteiger partial charge >= 0.3 is 0 Å². The molecule has 0 aliphatic carbocycles. The van der Waals surface area contributed by atoms with Crippen LogP contribution in [0.2, 0.25) is 0 Å². The third-order valence-corrected chi connectivity index (χ3v) is 11.0. The van der Waals surface area contributed by atoms with E-state index in [1.807, 2.05) is 140 Å². The van der Waals surface area contributed by atoms with Crippen LogP contribution in [0, 0.1) is 6.57 Å². The monoisotopic (exact) mass is 747 g/mol. The van der Waals surface area contributed by atoms with E-state index in [9.17, 15) is 0 Å². The average molecular weight is 748 g/mol. The zero-order chi connectivity index (χ0) is 38.1. The van der Waals surface area contributed by atoms with E-state index in [2.05, 4.69) is 41.2 Å². The first kappa shape index (κ1) is 33.8.